The van der Waals surface area contributed by atoms with Crippen LogP contribution in [0.3, 0.4) is 0 Å². The molecule has 0 unspecified atom stereocenters. The minimum Gasteiger partial charge on any atom is -0.495 e. The highest BCUT2D eigenvalue weighted by molar-refractivity contribution is 6.32. The van der Waals surface area contributed by atoms with Gasteiger partial charge in [0.25, 0.3) is 6.01 Å². The van der Waals surface area contributed by atoms with Crippen molar-refractivity contribution in [2.24, 2.45) is 0 Å². The second kappa shape index (κ2) is 4.67. The van der Waals surface area contributed by atoms with E-state index >= 15 is 0 Å². The molecule has 0 saturated carbocycles. The van der Waals surface area contributed by atoms with Crippen molar-refractivity contribution < 1.29 is 9.15 Å². The molecule has 0 fully saturated rings. The van der Waals surface area contributed by atoms with E-state index in [0.717, 1.165) is 17.0 Å². The van der Waals surface area contributed by atoms with Crippen LogP contribution in [0.1, 0.15) is 17.0 Å². The number of nitrogens with two attached hydrogens (primary N) is 1. The summed E-state index contributed by atoms with van der Waals surface area (Å²) in [5, 5.41) is 0.579. The number of halogens is 1. The van der Waals surface area contributed by atoms with Gasteiger partial charge in [-0.1, -0.05) is 17.7 Å². The lowest BCUT2D eigenvalue weighted by Gasteiger charge is -2.05. The topological polar surface area (TPSA) is 61.3 Å². The Morgan fingerprint density at radius 1 is 1.47 bits per heavy atom. The predicted molar refractivity (Wildman–Crippen MR) is 66.5 cm³/mol. The van der Waals surface area contributed by atoms with Crippen molar-refractivity contribution >= 4 is 17.6 Å². The Kier molecular flexibility index (Phi) is 3.24. The SMILES string of the molecule is COc1ccc(Cc2oc(N)nc2C)cc1Cl. The molecule has 90 valence electrons. The molecule has 5 heteroatoms. The number of aromatic nitrogens is 1. The van der Waals surface area contributed by atoms with Crippen LogP contribution in [0.25, 0.3) is 0 Å². The first-order chi connectivity index (χ1) is 8.10. The van der Waals surface area contributed by atoms with Crippen molar-refractivity contribution in [2.75, 3.05) is 12.8 Å². The third-order valence-electron chi connectivity index (χ3n) is 2.49. The molecule has 2 aromatic rings. The van der Waals surface area contributed by atoms with Crippen molar-refractivity contribution in [1.82, 2.24) is 4.98 Å². The summed E-state index contributed by atoms with van der Waals surface area (Å²) in [6.07, 6.45) is 0.611. The van der Waals surface area contributed by atoms with Crippen LogP contribution in [0.5, 0.6) is 5.75 Å². The summed E-state index contributed by atoms with van der Waals surface area (Å²) in [6.45, 7) is 1.86. The number of nitrogen functional groups attached to an aromatic ring is 1. The van der Waals surface area contributed by atoms with Gasteiger partial charge in [-0.15, -0.1) is 0 Å². The van der Waals surface area contributed by atoms with Crippen molar-refractivity contribution in [2.45, 2.75) is 13.3 Å². The number of methoxy groups -OCH3 is 1. The minimum absolute atomic E-state index is 0.192. The third-order valence-corrected chi connectivity index (χ3v) is 2.79. The van der Waals surface area contributed by atoms with Gasteiger partial charge in [0.05, 0.1) is 17.8 Å². The zero-order valence-corrected chi connectivity index (χ0v) is 10.4. The predicted octanol–water partition coefficient (Wildman–Crippen LogP) is 2.82. The van der Waals surface area contributed by atoms with Gasteiger partial charge in [-0.05, 0) is 24.6 Å². The van der Waals surface area contributed by atoms with Gasteiger partial charge in [0.15, 0.2) is 0 Å². The lowest BCUT2D eigenvalue weighted by Crippen LogP contribution is -1.91. The first-order valence-electron chi connectivity index (χ1n) is 5.14. The molecule has 0 saturated heterocycles. The van der Waals surface area contributed by atoms with Gasteiger partial charge >= 0.3 is 0 Å². The average Bonchev–Trinajstić information content (AvgIpc) is 2.58. The molecule has 1 aromatic carbocycles. The second-order valence-electron chi connectivity index (χ2n) is 3.71. The molecular formula is C12H13ClN2O2. The number of aryl methyl sites for hydroxylation is 1. The lowest BCUT2D eigenvalue weighted by molar-refractivity contribution is 0.415. The van der Waals surface area contributed by atoms with Crippen LogP contribution in [0, 0.1) is 6.92 Å². The molecule has 0 aliphatic rings. The monoisotopic (exact) mass is 252 g/mol. The van der Waals surface area contributed by atoms with Crippen molar-refractivity contribution in [3.8, 4) is 5.75 Å². The van der Waals surface area contributed by atoms with Crippen LogP contribution in [0.15, 0.2) is 22.6 Å². The summed E-state index contributed by atoms with van der Waals surface area (Å²) < 4.78 is 10.4. The van der Waals surface area contributed by atoms with Gasteiger partial charge in [0.2, 0.25) is 0 Å². The molecule has 0 spiro atoms. The number of nitrogens with zero attached hydrogens (tertiary/aromatic N) is 1. The van der Waals surface area contributed by atoms with Crippen LogP contribution in [-0.2, 0) is 6.42 Å². The van der Waals surface area contributed by atoms with E-state index in [1.54, 1.807) is 7.11 Å². The van der Waals surface area contributed by atoms with Crippen molar-refractivity contribution in [3.63, 3.8) is 0 Å². The molecule has 4 nitrogen and oxygen atoms in total. The molecule has 0 radical (unpaired) electrons. The highest BCUT2D eigenvalue weighted by Crippen LogP contribution is 2.26. The third kappa shape index (κ3) is 2.53. The Morgan fingerprint density at radius 3 is 2.76 bits per heavy atom. The maximum absolute atomic E-state index is 6.04. The van der Waals surface area contributed by atoms with Gasteiger partial charge in [-0.3, -0.25) is 0 Å². The summed E-state index contributed by atoms with van der Waals surface area (Å²) in [6, 6.07) is 5.80. The van der Waals surface area contributed by atoms with Gasteiger partial charge in [0.1, 0.15) is 11.5 Å². The number of oxazole rings is 1. The Morgan fingerprint density at radius 2 is 2.24 bits per heavy atom. The fraction of sp³-hybridized carbons (Fsp3) is 0.250. The van der Waals surface area contributed by atoms with Crippen LogP contribution >= 0.6 is 11.6 Å². The number of hydrogen-bond acceptors (Lipinski definition) is 4. The molecule has 0 aliphatic heterocycles. The largest absolute Gasteiger partial charge is 0.495 e. The van der Waals surface area contributed by atoms with Crippen LogP contribution in [0.4, 0.5) is 6.01 Å². The average molecular weight is 253 g/mol. The van der Waals surface area contributed by atoms with E-state index in [2.05, 4.69) is 4.98 Å². The molecule has 1 heterocycles. The summed E-state index contributed by atoms with van der Waals surface area (Å²) in [4.78, 5) is 4.02. The Bertz CT molecular complexity index is 537. The summed E-state index contributed by atoms with van der Waals surface area (Å²) >= 11 is 6.04. The van der Waals surface area contributed by atoms with Gasteiger partial charge in [-0.2, -0.15) is 4.98 Å². The van der Waals surface area contributed by atoms with E-state index in [9.17, 15) is 0 Å². The standard InChI is InChI=1S/C12H13ClN2O2/c1-7-11(17-12(14)15-7)6-8-3-4-10(16-2)9(13)5-8/h3-5H,6H2,1-2H3,(H2,14,15). The van der Waals surface area contributed by atoms with Crippen molar-refractivity contribution in [3.05, 3.63) is 40.2 Å². The summed E-state index contributed by atoms with van der Waals surface area (Å²) in [5.41, 5.74) is 7.31. The van der Waals surface area contributed by atoms with E-state index in [-0.39, 0.29) is 6.01 Å². The Labute approximate surface area is 104 Å². The zero-order valence-electron chi connectivity index (χ0n) is 9.66. The summed E-state index contributed by atoms with van der Waals surface area (Å²) in [5.74, 6) is 1.41. The van der Waals surface area contributed by atoms with E-state index in [1.807, 2.05) is 25.1 Å². The number of rotatable bonds is 3. The Hall–Kier alpha value is -1.68. The maximum Gasteiger partial charge on any atom is 0.292 e. The fourth-order valence-corrected chi connectivity index (χ4v) is 1.90. The minimum atomic E-state index is 0.192. The molecular weight excluding hydrogens is 240 g/mol. The summed E-state index contributed by atoms with van der Waals surface area (Å²) in [7, 11) is 1.59. The number of benzene rings is 1. The quantitative estimate of drug-likeness (QED) is 0.913. The van der Waals surface area contributed by atoms with E-state index in [0.29, 0.717) is 17.2 Å². The molecule has 0 aliphatic carbocycles. The molecule has 0 bridgehead atoms. The van der Waals surface area contributed by atoms with Gasteiger partial charge in [-0.25, -0.2) is 0 Å². The van der Waals surface area contributed by atoms with E-state index in [1.165, 1.54) is 0 Å². The fourth-order valence-electron chi connectivity index (χ4n) is 1.62. The van der Waals surface area contributed by atoms with Crippen LogP contribution in [-0.4, -0.2) is 12.1 Å². The van der Waals surface area contributed by atoms with E-state index < -0.39 is 0 Å². The molecule has 2 rings (SSSR count). The molecule has 17 heavy (non-hydrogen) atoms. The number of hydrogen-bond donors (Lipinski definition) is 1. The smallest absolute Gasteiger partial charge is 0.292 e. The second-order valence-corrected chi connectivity index (χ2v) is 4.11. The maximum atomic E-state index is 6.04. The van der Waals surface area contributed by atoms with Crippen LogP contribution in [0.2, 0.25) is 5.02 Å². The first kappa shape index (κ1) is 11.8. The first-order valence-corrected chi connectivity index (χ1v) is 5.52. The van der Waals surface area contributed by atoms with Crippen molar-refractivity contribution in [1.29, 1.82) is 0 Å². The van der Waals surface area contributed by atoms with Gasteiger partial charge in [0, 0.05) is 6.42 Å². The lowest BCUT2D eigenvalue weighted by atomic mass is 10.1. The zero-order chi connectivity index (χ0) is 12.4. The molecule has 0 amide bonds. The highest BCUT2D eigenvalue weighted by atomic mass is 35.5. The molecule has 0 atom stereocenters. The van der Waals surface area contributed by atoms with Gasteiger partial charge < -0.3 is 14.9 Å². The molecule has 2 N–H and O–H groups in total. The highest BCUT2D eigenvalue weighted by Gasteiger charge is 2.09. The van der Waals surface area contributed by atoms with Crippen LogP contribution < -0.4 is 10.5 Å². The van der Waals surface area contributed by atoms with E-state index in [4.69, 9.17) is 26.5 Å². The molecule has 1 aromatic heterocycles. The normalized spacial score (nSPS) is 10.5. The number of anilines is 1. The number of ether oxygens (including phenoxy) is 1. The Balaban J connectivity index is 2.24.